The largest absolute Gasteiger partial charge is 0.397 e. The SMILES string of the molecule is Nc1cc(Br)ccc1-n1cnc(=O)[nH]1. The quantitative estimate of drug-likeness (QED) is 0.743. The van der Waals surface area contributed by atoms with Crippen LogP contribution in [0.5, 0.6) is 0 Å². The molecule has 0 spiro atoms. The number of aromatic nitrogens is 3. The van der Waals surface area contributed by atoms with Gasteiger partial charge in [-0.3, -0.25) is 0 Å². The van der Waals surface area contributed by atoms with Crippen LogP contribution < -0.4 is 11.4 Å². The smallest absolute Gasteiger partial charge is 0.361 e. The van der Waals surface area contributed by atoms with Crippen LogP contribution in [0.2, 0.25) is 0 Å². The minimum absolute atomic E-state index is 0.396. The molecule has 0 unspecified atom stereocenters. The number of nitrogens with one attached hydrogen (secondary N) is 1. The summed E-state index contributed by atoms with van der Waals surface area (Å²) in [6.07, 6.45) is 1.39. The van der Waals surface area contributed by atoms with Gasteiger partial charge in [0.2, 0.25) is 0 Å². The summed E-state index contributed by atoms with van der Waals surface area (Å²) in [5.74, 6) is 0. The van der Waals surface area contributed by atoms with Gasteiger partial charge >= 0.3 is 5.69 Å². The van der Waals surface area contributed by atoms with Gasteiger partial charge in [-0.1, -0.05) is 15.9 Å². The van der Waals surface area contributed by atoms with Crippen molar-refractivity contribution in [1.82, 2.24) is 14.8 Å². The van der Waals surface area contributed by atoms with E-state index in [4.69, 9.17) is 5.73 Å². The maximum absolute atomic E-state index is 10.8. The summed E-state index contributed by atoms with van der Waals surface area (Å²) in [6.45, 7) is 0. The first kappa shape index (κ1) is 9.01. The third-order valence-corrected chi connectivity index (χ3v) is 2.25. The van der Waals surface area contributed by atoms with Gasteiger partial charge in [0.05, 0.1) is 11.4 Å². The van der Waals surface area contributed by atoms with Crippen molar-refractivity contribution in [2.45, 2.75) is 0 Å². The molecule has 2 rings (SSSR count). The van der Waals surface area contributed by atoms with Crippen LogP contribution in [0, 0.1) is 0 Å². The van der Waals surface area contributed by atoms with Gasteiger partial charge in [-0.2, -0.15) is 4.98 Å². The van der Waals surface area contributed by atoms with E-state index in [0.29, 0.717) is 11.4 Å². The zero-order valence-electron chi connectivity index (χ0n) is 7.07. The van der Waals surface area contributed by atoms with Crippen molar-refractivity contribution in [2.75, 3.05) is 5.73 Å². The van der Waals surface area contributed by atoms with E-state index >= 15 is 0 Å². The highest BCUT2D eigenvalue weighted by Gasteiger charge is 2.02. The van der Waals surface area contributed by atoms with Crippen molar-refractivity contribution in [3.63, 3.8) is 0 Å². The summed E-state index contributed by atoms with van der Waals surface area (Å²) in [6, 6.07) is 5.38. The van der Waals surface area contributed by atoms with Gasteiger partial charge in [0, 0.05) is 4.47 Å². The van der Waals surface area contributed by atoms with Crippen LogP contribution in [0.4, 0.5) is 5.69 Å². The maximum atomic E-state index is 10.8. The first-order valence-electron chi connectivity index (χ1n) is 3.86. The van der Waals surface area contributed by atoms with Crippen LogP contribution in [0.3, 0.4) is 0 Å². The zero-order valence-corrected chi connectivity index (χ0v) is 8.65. The van der Waals surface area contributed by atoms with E-state index in [-0.39, 0.29) is 0 Å². The molecule has 0 aliphatic heterocycles. The molecule has 72 valence electrons. The Morgan fingerprint density at radius 3 is 2.86 bits per heavy atom. The predicted molar refractivity (Wildman–Crippen MR) is 56.3 cm³/mol. The predicted octanol–water partition coefficient (Wildman–Crippen LogP) is 0.905. The fourth-order valence-electron chi connectivity index (χ4n) is 1.14. The fourth-order valence-corrected chi connectivity index (χ4v) is 1.52. The summed E-state index contributed by atoms with van der Waals surface area (Å²) in [7, 11) is 0. The van der Waals surface area contributed by atoms with Crippen LogP contribution in [-0.4, -0.2) is 14.8 Å². The van der Waals surface area contributed by atoms with Gasteiger partial charge in [0.1, 0.15) is 6.33 Å². The van der Waals surface area contributed by atoms with Crippen molar-refractivity contribution in [3.05, 3.63) is 39.5 Å². The first-order valence-corrected chi connectivity index (χ1v) is 4.65. The number of hydrogen-bond donors (Lipinski definition) is 2. The lowest BCUT2D eigenvalue weighted by molar-refractivity contribution is 0.866. The topological polar surface area (TPSA) is 76.7 Å². The number of benzene rings is 1. The molecule has 5 nitrogen and oxygen atoms in total. The van der Waals surface area contributed by atoms with E-state index in [9.17, 15) is 4.79 Å². The summed E-state index contributed by atoms with van der Waals surface area (Å²) >= 11 is 3.30. The van der Waals surface area contributed by atoms with Crippen molar-refractivity contribution in [1.29, 1.82) is 0 Å². The number of hydrogen-bond acceptors (Lipinski definition) is 3. The molecule has 0 amide bonds. The molecule has 0 aliphatic rings. The Balaban J connectivity index is 2.57. The third-order valence-electron chi connectivity index (χ3n) is 1.76. The fraction of sp³-hybridized carbons (Fsp3) is 0. The van der Waals surface area contributed by atoms with Crippen LogP contribution in [-0.2, 0) is 0 Å². The highest BCUT2D eigenvalue weighted by molar-refractivity contribution is 9.10. The number of halogens is 1. The summed E-state index contributed by atoms with van der Waals surface area (Å²) in [5.41, 5.74) is 6.63. The normalized spacial score (nSPS) is 10.4. The molecule has 0 radical (unpaired) electrons. The molecule has 1 heterocycles. The number of nitrogens with two attached hydrogens (primary N) is 1. The highest BCUT2D eigenvalue weighted by Crippen LogP contribution is 2.20. The highest BCUT2D eigenvalue weighted by atomic mass is 79.9. The average molecular weight is 255 g/mol. The van der Waals surface area contributed by atoms with Crippen molar-refractivity contribution < 1.29 is 0 Å². The second kappa shape index (κ2) is 3.30. The zero-order chi connectivity index (χ0) is 10.1. The van der Waals surface area contributed by atoms with Gasteiger partial charge in [-0.25, -0.2) is 14.6 Å². The van der Waals surface area contributed by atoms with E-state index in [2.05, 4.69) is 26.0 Å². The van der Waals surface area contributed by atoms with Crippen molar-refractivity contribution in [2.24, 2.45) is 0 Å². The Morgan fingerprint density at radius 1 is 1.50 bits per heavy atom. The molecule has 0 fully saturated rings. The molecule has 1 aromatic carbocycles. The van der Waals surface area contributed by atoms with Crippen LogP contribution >= 0.6 is 15.9 Å². The molecule has 2 aromatic rings. The third kappa shape index (κ3) is 1.56. The lowest BCUT2D eigenvalue weighted by Crippen LogP contribution is -2.06. The summed E-state index contributed by atoms with van der Waals surface area (Å²) in [5, 5.41) is 2.51. The maximum Gasteiger partial charge on any atom is 0.361 e. The van der Waals surface area contributed by atoms with Crippen molar-refractivity contribution in [3.8, 4) is 5.69 Å². The molecule has 1 aromatic heterocycles. The summed E-state index contributed by atoms with van der Waals surface area (Å²) in [4.78, 5) is 14.3. The molecule has 0 bridgehead atoms. The van der Waals surface area contributed by atoms with Gasteiger partial charge in [-0.05, 0) is 18.2 Å². The Bertz CT molecular complexity index is 516. The van der Waals surface area contributed by atoms with E-state index in [1.54, 1.807) is 12.1 Å². The molecular weight excluding hydrogens is 248 g/mol. The second-order valence-electron chi connectivity index (χ2n) is 2.73. The monoisotopic (exact) mass is 254 g/mol. The Kier molecular flexibility index (Phi) is 2.12. The molecular formula is C8H7BrN4O. The molecule has 0 saturated carbocycles. The number of nitrogen functional groups attached to an aromatic ring is 1. The van der Waals surface area contributed by atoms with E-state index in [1.165, 1.54) is 11.0 Å². The van der Waals surface area contributed by atoms with Gasteiger partial charge in [0.25, 0.3) is 0 Å². The van der Waals surface area contributed by atoms with Gasteiger partial charge in [-0.15, -0.1) is 0 Å². The Morgan fingerprint density at radius 2 is 2.29 bits per heavy atom. The minimum atomic E-state index is -0.396. The molecule has 14 heavy (non-hydrogen) atoms. The van der Waals surface area contributed by atoms with Gasteiger partial charge in [0.15, 0.2) is 0 Å². The lowest BCUT2D eigenvalue weighted by atomic mass is 10.3. The van der Waals surface area contributed by atoms with Crippen molar-refractivity contribution >= 4 is 21.6 Å². The van der Waals surface area contributed by atoms with E-state index < -0.39 is 5.69 Å². The molecule has 0 atom stereocenters. The van der Waals surface area contributed by atoms with E-state index in [1.807, 2.05) is 6.07 Å². The van der Waals surface area contributed by atoms with Crippen LogP contribution in [0.15, 0.2) is 33.8 Å². The molecule has 6 heteroatoms. The average Bonchev–Trinajstić information content (AvgIpc) is 2.51. The Hall–Kier alpha value is -1.56. The molecule has 0 saturated heterocycles. The standard InChI is InChI=1S/C8H7BrN4O/c9-5-1-2-7(6(10)3-5)13-4-11-8(14)12-13/h1-4H,10H2,(H,12,14). The number of rotatable bonds is 1. The second-order valence-corrected chi connectivity index (χ2v) is 3.65. The van der Waals surface area contributed by atoms with Crippen LogP contribution in [0.1, 0.15) is 0 Å². The van der Waals surface area contributed by atoms with Crippen LogP contribution in [0.25, 0.3) is 5.69 Å². The number of nitrogens with zero attached hydrogens (tertiary/aromatic N) is 2. The first-order chi connectivity index (χ1) is 6.66. The lowest BCUT2D eigenvalue weighted by Gasteiger charge is -2.05. The number of H-pyrrole nitrogens is 1. The number of aromatic amines is 1. The van der Waals surface area contributed by atoms with E-state index in [0.717, 1.165) is 4.47 Å². The minimum Gasteiger partial charge on any atom is -0.397 e. The van der Waals surface area contributed by atoms with Gasteiger partial charge < -0.3 is 5.73 Å². The summed E-state index contributed by atoms with van der Waals surface area (Å²) < 4.78 is 2.37. The molecule has 0 aliphatic carbocycles. The Labute approximate surface area is 87.7 Å². The molecule has 3 N–H and O–H groups in total. The number of anilines is 1.